The van der Waals surface area contributed by atoms with Crippen LogP contribution in [0, 0.1) is 17.1 Å². The molecule has 2 aromatic rings. The van der Waals surface area contributed by atoms with E-state index in [1.54, 1.807) is 24.3 Å². The number of anilines is 1. The molecule has 0 unspecified atom stereocenters. The van der Waals surface area contributed by atoms with Crippen molar-refractivity contribution in [2.24, 2.45) is 0 Å². The lowest BCUT2D eigenvalue weighted by Crippen LogP contribution is -2.14. The van der Waals surface area contributed by atoms with Crippen molar-refractivity contribution < 1.29 is 13.9 Å². The van der Waals surface area contributed by atoms with Crippen molar-refractivity contribution in [3.8, 4) is 11.8 Å². The van der Waals surface area contributed by atoms with Gasteiger partial charge < -0.3 is 10.1 Å². The molecule has 21 heavy (non-hydrogen) atoms. The first-order valence-electron chi connectivity index (χ1n) is 5.97. The number of hydrogen-bond acceptors (Lipinski definition) is 3. The third-order valence-corrected chi connectivity index (χ3v) is 3.01. The minimum atomic E-state index is -0.668. The number of para-hydroxylation sites is 2. The predicted molar refractivity (Wildman–Crippen MR) is 76.9 cm³/mol. The molecule has 0 spiro atoms. The summed E-state index contributed by atoms with van der Waals surface area (Å²) in [5, 5.41) is 10.9. The second kappa shape index (κ2) is 6.73. The molecule has 0 saturated carbocycles. The first kappa shape index (κ1) is 14.8. The Bertz CT molecular complexity index is 713. The fraction of sp³-hybridized carbons (Fsp3) is 0.0667. The largest absolute Gasteiger partial charge is 0.477 e. The van der Waals surface area contributed by atoms with Crippen LogP contribution in [0.2, 0.25) is 5.02 Å². The van der Waals surface area contributed by atoms with Gasteiger partial charge in [-0.05, 0) is 24.3 Å². The minimum Gasteiger partial charge on any atom is -0.477 e. The van der Waals surface area contributed by atoms with E-state index in [-0.39, 0.29) is 17.2 Å². The zero-order valence-electron chi connectivity index (χ0n) is 10.8. The summed E-state index contributed by atoms with van der Waals surface area (Å²) in [7, 11) is 0. The molecule has 106 valence electrons. The number of carbonyl (C=O) groups excluding carboxylic acids is 1. The number of benzene rings is 2. The van der Waals surface area contributed by atoms with Crippen molar-refractivity contribution in [1.29, 1.82) is 5.26 Å². The Labute approximate surface area is 125 Å². The van der Waals surface area contributed by atoms with Crippen molar-refractivity contribution in [3.63, 3.8) is 0 Å². The highest BCUT2D eigenvalue weighted by molar-refractivity contribution is 6.34. The minimum absolute atomic E-state index is 0.0201. The number of carbonyl (C=O) groups is 1. The molecule has 0 saturated heterocycles. The SMILES string of the molecule is N#CCOc1ccccc1NC(=O)c1cccc(F)c1Cl. The van der Waals surface area contributed by atoms with Gasteiger partial charge in [0, 0.05) is 0 Å². The van der Waals surface area contributed by atoms with Crippen LogP contribution in [0.3, 0.4) is 0 Å². The van der Waals surface area contributed by atoms with E-state index in [9.17, 15) is 9.18 Å². The van der Waals surface area contributed by atoms with Crippen LogP contribution >= 0.6 is 11.6 Å². The van der Waals surface area contributed by atoms with Crippen LogP contribution in [0.15, 0.2) is 42.5 Å². The van der Waals surface area contributed by atoms with Crippen LogP contribution in [0.1, 0.15) is 10.4 Å². The van der Waals surface area contributed by atoms with Gasteiger partial charge in [0.1, 0.15) is 17.6 Å². The van der Waals surface area contributed by atoms with Crippen LogP contribution in [0.4, 0.5) is 10.1 Å². The summed E-state index contributed by atoms with van der Waals surface area (Å²) in [6, 6.07) is 12.4. The van der Waals surface area contributed by atoms with Gasteiger partial charge in [0.2, 0.25) is 0 Å². The van der Waals surface area contributed by atoms with E-state index in [1.165, 1.54) is 18.2 Å². The van der Waals surface area contributed by atoms with Gasteiger partial charge in [-0.2, -0.15) is 5.26 Å². The summed E-state index contributed by atoms with van der Waals surface area (Å²) < 4.78 is 18.5. The zero-order chi connectivity index (χ0) is 15.2. The van der Waals surface area contributed by atoms with Crippen molar-refractivity contribution in [3.05, 3.63) is 58.9 Å². The van der Waals surface area contributed by atoms with E-state index in [2.05, 4.69) is 5.32 Å². The van der Waals surface area contributed by atoms with Gasteiger partial charge in [0.15, 0.2) is 6.61 Å². The maximum atomic E-state index is 13.4. The number of hydrogen-bond donors (Lipinski definition) is 1. The summed E-state index contributed by atoms with van der Waals surface area (Å²) in [5.41, 5.74) is 0.393. The van der Waals surface area contributed by atoms with Gasteiger partial charge in [-0.3, -0.25) is 4.79 Å². The highest BCUT2D eigenvalue weighted by Crippen LogP contribution is 2.26. The van der Waals surface area contributed by atoms with Crippen LogP contribution in [0.5, 0.6) is 5.75 Å². The molecule has 0 heterocycles. The van der Waals surface area contributed by atoms with E-state index in [1.807, 2.05) is 6.07 Å². The van der Waals surface area contributed by atoms with Gasteiger partial charge in [-0.1, -0.05) is 29.8 Å². The molecule has 2 rings (SSSR count). The molecule has 1 N–H and O–H groups in total. The second-order valence-corrected chi connectivity index (χ2v) is 4.38. The Kier molecular flexibility index (Phi) is 4.75. The number of nitrogens with one attached hydrogen (secondary N) is 1. The molecule has 1 amide bonds. The first-order valence-corrected chi connectivity index (χ1v) is 6.35. The summed E-state index contributed by atoms with van der Waals surface area (Å²) in [4.78, 5) is 12.1. The monoisotopic (exact) mass is 304 g/mol. The number of halogens is 2. The van der Waals surface area contributed by atoms with Gasteiger partial charge in [-0.25, -0.2) is 4.39 Å². The van der Waals surface area contributed by atoms with E-state index >= 15 is 0 Å². The summed E-state index contributed by atoms with van der Waals surface area (Å²) in [6.07, 6.45) is 0. The Hall–Kier alpha value is -2.58. The standard InChI is InChI=1S/C15H10ClFN2O2/c16-14-10(4-3-5-11(14)17)15(20)19-12-6-1-2-7-13(12)21-9-8-18/h1-7H,9H2,(H,19,20). The van der Waals surface area contributed by atoms with E-state index < -0.39 is 11.7 Å². The van der Waals surface area contributed by atoms with Crippen molar-refractivity contribution in [2.45, 2.75) is 0 Å². The maximum absolute atomic E-state index is 13.4. The number of nitriles is 1. The molecule has 0 aliphatic carbocycles. The number of amides is 1. The Morgan fingerprint density at radius 1 is 1.29 bits per heavy atom. The lowest BCUT2D eigenvalue weighted by atomic mass is 10.2. The molecule has 0 radical (unpaired) electrons. The predicted octanol–water partition coefficient (Wildman–Crippen LogP) is 3.63. The fourth-order valence-electron chi connectivity index (χ4n) is 1.67. The quantitative estimate of drug-likeness (QED) is 0.938. The van der Waals surface area contributed by atoms with E-state index in [4.69, 9.17) is 21.6 Å². The molecular weight excluding hydrogens is 295 g/mol. The van der Waals surface area contributed by atoms with Gasteiger partial charge in [-0.15, -0.1) is 0 Å². The Morgan fingerprint density at radius 2 is 2.05 bits per heavy atom. The van der Waals surface area contributed by atoms with Crippen molar-refractivity contribution in [2.75, 3.05) is 11.9 Å². The zero-order valence-corrected chi connectivity index (χ0v) is 11.5. The van der Waals surface area contributed by atoms with Gasteiger partial charge in [0.05, 0.1) is 16.3 Å². The number of rotatable bonds is 4. The maximum Gasteiger partial charge on any atom is 0.257 e. The fourth-order valence-corrected chi connectivity index (χ4v) is 1.89. The Morgan fingerprint density at radius 3 is 2.81 bits per heavy atom. The lowest BCUT2D eigenvalue weighted by Gasteiger charge is -2.11. The number of ether oxygens (including phenoxy) is 1. The normalized spacial score (nSPS) is 9.76. The van der Waals surface area contributed by atoms with E-state index in [0.29, 0.717) is 11.4 Å². The van der Waals surface area contributed by atoms with Crippen molar-refractivity contribution >= 4 is 23.2 Å². The number of nitrogens with zero attached hydrogens (tertiary/aromatic N) is 1. The second-order valence-electron chi connectivity index (χ2n) is 4.00. The van der Waals surface area contributed by atoms with Crippen LogP contribution in [0.25, 0.3) is 0 Å². The van der Waals surface area contributed by atoms with Crippen LogP contribution < -0.4 is 10.1 Å². The topological polar surface area (TPSA) is 62.1 Å². The Balaban J connectivity index is 2.24. The molecule has 0 aromatic heterocycles. The smallest absolute Gasteiger partial charge is 0.257 e. The highest BCUT2D eigenvalue weighted by atomic mass is 35.5. The molecule has 0 aliphatic heterocycles. The van der Waals surface area contributed by atoms with Crippen LogP contribution in [-0.2, 0) is 0 Å². The third kappa shape index (κ3) is 3.50. The summed E-state index contributed by atoms with van der Waals surface area (Å²) in [6.45, 7) is -0.145. The molecule has 0 aliphatic rings. The van der Waals surface area contributed by atoms with Gasteiger partial charge >= 0.3 is 0 Å². The molecule has 0 atom stereocenters. The summed E-state index contributed by atoms with van der Waals surface area (Å²) >= 11 is 5.77. The average molecular weight is 305 g/mol. The lowest BCUT2D eigenvalue weighted by molar-refractivity contribution is 0.102. The molecule has 2 aromatic carbocycles. The average Bonchev–Trinajstić information content (AvgIpc) is 2.49. The van der Waals surface area contributed by atoms with Crippen molar-refractivity contribution in [1.82, 2.24) is 0 Å². The van der Waals surface area contributed by atoms with E-state index in [0.717, 1.165) is 0 Å². The summed E-state index contributed by atoms with van der Waals surface area (Å²) in [5.74, 6) is -0.884. The molecule has 6 heteroatoms. The third-order valence-electron chi connectivity index (χ3n) is 2.62. The van der Waals surface area contributed by atoms with Gasteiger partial charge in [0.25, 0.3) is 5.91 Å². The molecule has 0 bridgehead atoms. The highest BCUT2D eigenvalue weighted by Gasteiger charge is 2.15. The molecule has 0 fully saturated rings. The van der Waals surface area contributed by atoms with Crippen LogP contribution in [-0.4, -0.2) is 12.5 Å². The first-order chi connectivity index (χ1) is 10.1. The molecular formula is C15H10ClFN2O2. The molecule has 4 nitrogen and oxygen atoms in total.